The molecule has 0 aliphatic carbocycles. The Balaban J connectivity index is 2.36. The summed E-state index contributed by atoms with van der Waals surface area (Å²) in [6.07, 6.45) is 0. The van der Waals surface area contributed by atoms with Crippen molar-refractivity contribution < 1.29 is 4.79 Å². The summed E-state index contributed by atoms with van der Waals surface area (Å²) in [6.45, 7) is 4.39. The SMILES string of the molecule is CC(C)C(N)CNC(=O)c1nn[nH]n1. The second-order valence-electron chi connectivity index (χ2n) is 3.35. The summed E-state index contributed by atoms with van der Waals surface area (Å²) in [5.74, 6) is -0.0172. The highest BCUT2D eigenvalue weighted by Gasteiger charge is 2.13. The number of nitrogens with zero attached hydrogens (tertiary/aromatic N) is 3. The number of rotatable bonds is 4. The first-order chi connectivity index (χ1) is 6.61. The zero-order valence-electron chi connectivity index (χ0n) is 8.19. The van der Waals surface area contributed by atoms with Crippen LogP contribution in [0.2, 0.25) is 0 Å². The minimum Gasteiger partial charge on any atom is -0.348 e. The molecule has 1 rings (SSSR count). The molecule has 0 bridgehead atoms. The predicted molar refractivity (Wildman–Crippen MR) is 49.3 cm³/mol. The highest BCUT2D eigenvalue weighted by molar-refractivity contribution is 5.89. The van der Waals surface area contributed by atoms with Crippen LogP contribution in [0.3, 0.4) is 0 Å². The summed E-state index contributed by atoms with van der Waals surface area (Å²) in [7, 11) is 0. The highest BCUT2D eigenvalue weighted by atomic mass is 16.2. The van der Waals surface area contributed by atoms with Gasteiger partial charge in [-0.15, -0.1) is 10.2 Å². The van der Waals surface area contributed by atoms with Crippen molar-refractivity contribution in [2.24, 2.45) is 11.7 Å². The number of aromatic amines is 1. The van der Waals surface area contributed by atoms with E-state index in [0.717, 1.165) is 0 Å². The molecule has 1 amide bonds. The van der Waals surface area contributed by atoms with Gasteiger partial charge in [0, 0.05) is 12.6 Å². The van der Waals surface area contributed by atoms with E-state index in [4.69, 9.17) is 5.73 Å². The molecule has 1 aromatic rings. The monoisotopic (exact) mass is 198 g/mol. The van der Waals surface area contributed by atoms with Gasteiger partial charge in [0.1, 0.15) is 0 Å². The van der Waals surface area contributed by atoms with Crippen molar-refractivity contribution in [2.45, 2.75) is 19.9 Å². The van der Waals surface area contributed by atoms with Crippen molar-refractivity contribution in [3.05, 3.63) is 5.82 Å². The minimum atomic E-state index is -0.366. The van der Waals surface area contributed by atoms with Gasteiger partial charge in [0.2, 0.25) is 0 Å². The Bertz CT molecular complexity index is 282. The lowest BCUT2D eigenvalue weighted by Gasteiger charge is -2.15. The zero-order valence-corrected chi connectivity index (χ0v) is 8.19. The van der Waals surface area contributed by atoms with Gasteiger partial charge >= 0.3 is 0 Å². The zero-order chi connectivity index (χ0) is 10.6. The van der Waals surface area contributed by atoms with Gasteiger partial charge in [0.25, 0.3) is 11.7 Å². The van der Waals surface area contributed by atoms with E-state index >= 15 is 0 Å². The number of carbonyl (C=O) groups excluding carboxylic acids is 1. The standard InChI is InChI=1S/C7H14N6O/c1-4(2)5(8)3-9-7(14)6-10-12-13-11-6/h4-5H,3,8H2,1-2H3,(H,9,14)(H,10,11,12,13). The summed E-state index contributed by atoms with van der Waals surface area (Å²) in [6, 6.07) is -0.0640. The van der Waals surface area contributed by atoms with Crippen molar-refractivity contribution in [2.75, 3.05) is 6.54 Å². The number of nitrogens with one attached hydrogen (secondary N) is 2. The van der Waals surface area contributed by atoms with Crippen LogP contribution < -0.4 is 11.1 Å². The predicted octanol–water partition coefficient (Wildman–Crippen LogP) is -1.09. The third-order valence-corrected chi connectivity index (χ3v) is 1.90. The largest absolute Gasteiger partial charge is 0.348 e. The normalized spacial score (nSPS) is 12.9. The van der Waals surface area contributed by atoms with Crippen LogP contribution in [0.1, 0.15) is 24.5 Å². The van der Waals surface area contributed by atoms with Crippen LogP contribution >= 0.6 is 0 Å². The number of nitrogens with two attached hydrogens (primary N) is 1. The summed E-state index contributed by atoms with van der Waals surface area (Å²) in [5.41, 5.74) is 5.74. The lowest BCUT2D eigenvalue weighted by atomic mass is 10.1. The number of carbonyl (C=O) groups is 1. The molecule has 0 aliphatic rings. The van der Waals surface area contributed by atoms with Gasteiger partial charge < -0.3 is 11.1 Å². The quantitative estimate of drug-likeness (QED) is 0.569. The molecule has 78 valence electrons. The highest BCUT2D eigenvalue weighted by Crippen LogP contribution is 1.96. The smallest absolute Gasteiger partial charge is 0.292 e. The molecule has 0 saturated carbocycles. The van der Waals surface area contributed by atoms with Crippen molar-refractivity contribution in [1.82, 2.24) is 25.9 Å². The minimum absolute atomic E-state index is 0.0287. The summed E-state index contributed by atoms with van der Waals surface area (Å²) < 4.78 is 0. The summed E-state index contributed by atoms with van der Waals surface area (Å²) >= 11 is 0. The second kappa shape index (κ2) is 4.66. The van der Waals surface area contributed by atoms with Crippen LogP contribution in [-0.2, 0) is 0 Å². The molecule has 0 spiro atoms. The number of hydrogen-bond donors (Lipinski definition) is 3. The van der Waals surface area contributed by atoms with Crippen LogP contribution in [0.25, 0.3) is 0 Å². The second-order valence-corrected chi connectivity index (χ2v) is 3.35. The molecule has 1 atom stereocenters. The molecule has 0 fully saturated rings. The molecular formula is C7H14N6O. The average Bonchev–Trinajstić information content (AvgIpc) is 2.66. The molecule has 0 aromatic carbocycles. The average molecular weight is 198 g/mol. The van der Waals surface area contributed by atoms with Crippen molar-refractivity contribution >= 4 is 5.91 Å². The lowest BCUT2D eigenvalue weighted by Crippen LogP contribution is -2.40. The molecule has 0 radical (unpaired) electrons. The number of amides is 1. The third-order valence-electron chi connectivity index (χ3n) is 1.90. The topological polar surface area (TPSA) is 110 Å². The summed E-state index contributed by atoms with van der Waals surface area (Å²) in [4.78, 5) is 11.3. The van der Waals surface area contributed by atoms with Crippen LogP contribution in [0.5, 0.6) is 0 Å². The van der Waals surface area contributed by atoms with Gasteiger partial charge in [0.05, 0.1) is 0 Å². The molecule has 7 nitrogen and oxygen atoms in total. The van der Waals surface area contributed by atoms with Gasteiger partial charge in [0.15, 0.2) is 0 Å². The van der Waals surface area contributed by atoms with Crippen molar-refractivity contribution in [3.63, 3.8) is 0 Å². The summed E-state index contributed by atoms with van der Waals surface area (Å²) in [5, 5.41) is 15.2. The van der Waals surface area contributed by atoms with E-state index in [2.05, 4.69) is 25.9 Å². The lowest BCUT2D eigenvalue weighted by molar-refractivity contribution is 0.0939. The maximum absolute atomic E-state index is 11.3. The van der Waals surface area contributed by atoms with E-state index in [-0.39, 0.29) is 17.8 Å². The molecule has 14 heavy (non-hydrogen) atoms. The van der Waals surface area contributed by atoms with Crippen LogP contribution in [0, 0.1) is 5.92 Å². The van der Waals surface area contributed by atoms with Crippen molar-refractivity contribution in [3.8, 4) is 0 Å². The molecule has 1 heterocycles. The van der Waals surface area contributed by atoms with E-state index in [1.165, 1.54) is 0 Å². The van der Waals surface area contributed by atoms with E-state index in [9.17, 15) is 4.79 Å². The Kier molecular flexibility index (Phi) is 3.52. The van der Waals surface area contributed by atoms with E-state index in [1.807, 2.05) is 13.8 Å². The van der Waals surface area contributed by atoms with Crippen LogP contribution in [0.15, 0.2) is 0 Å². The fourth-order valence-corrected chi connectivity index (χ4v) is 0.783. The first kappa shape index (κ1) is 10.6. The van der Waals surface area contributed by atoms with E-state index in [0.29, 0.717) is 12.5 Å². The first-order valence-corrected chi connectivity index (χ1v) is 4.38. The Morgan fingerprint density at radius 3 is 2.86 bits per heavy atom. The molecule has 4 N–H and O–H groups in total. The number of aromatic nitrogens is 4. The van der Waals surface area contributed by atoms with E-state index in [1.54, 1.807) is 0 Å². The first-order valence-electron chi connectivity index (χ1n) is 4.38. The molecule has 1 aromatic heterocycles. The fourth-order valence-electron chi connectivity index (χ4n) is 0.783. The fraction of sp³-hybridized carbons (Fsp3) is 0.714. The molecule has 7 heteroatoms. The third kappa shape index (κ3) is 2.77. The molecular weight excluding hydrogens is 184 g/mol. The van der Waals surface area contributed by atoms with Crippen LogP contribution in [-0.4, -0.2) is 39.1 Å². The maximum Gasteiger partial charge on any atom is 0.292 e. The van der Waals surface area contributed by atoms with Gasteiger partial charge in [-0.2, -0.15) is 5.21 Å². The number of H-pyrrole nitrogens is 1. The van der Waals surface area contributed by atoms with Crippen molar-refractivity contribution in [1.29, 1.82) is 0 Å². The van der Waals surface area contributed by atoms with Crippen LogP contribution in [0.4, 0.5) is 0 Å². The van der Waals surface area contributed by atoms with E-state index < -0.39 is 0 Å². The Labute approximate surface area is 81.4 Å². The van der Waals surface area contributed by atoms with Gasteiger partial charge in [-0.25, -0.2) is 0 Å². The maximum atomic E-state index is 11.3. The molecule has 1 unspecified atom stereocenters. The number of hydrogen-bond acceptors (Lipinski definition) is 5. The Morgan fingerprint density at radius 1 is 1.64 bits per heavy atom. The Hall–Kier alpha value is -1.50. The van der Waals surface area contributed by atoms with Gasteiger partial charge in [-0.05, 0) is 11.1 Å². The Morgan fingerprint density at radius 2 is 2.36 bits per heavy atom. The number of tetrazole rings is 1. The molecule has 0 aliphatic heterocycles. The van der Waals surface area contributed by atoms with Gasteiger partial charge in [-0.3, -0.25) is 4.79 Å². The molecule has 0 saturated heterocycles. The van der Waals surface area contributed by atoms with Gasteiger partial charge in [-0.1, -0.05) is 13.8 Å².